The van der Waals surface area contributed by atoms with E-state index in [1.54, 1.807) is 0 Å². The number of nitrogens with zero attached hydrogens (tertiary/aromatic N) is 4. The lowest BCUT2D eigenvalue weighted by molar-refractivity contribution is 0.579. The fourth-order valence-corrected chi connectivity index (χ4v) is 1.91. The lowest BCUT2D eigenvalue weighted by Crippen LogP contribution is -2.03. The first-order valence-corrected chi connectivity index (χ1v) is 5.85. The number of anilines is 1. The molecule has 0 radical (unpaired) electrons. The first-order chi connectivity index (χ1) is 10.0. The Morgan fingerprint density at radius 1 is 0.905 bits per heavy atom. The minimum atomic E-state index is -0.779. The van der Waals surface area contributed by atoms with Gasteiger partial charge in [0.05, 0.1) is 5.69 Å². The molecular weight excluding hydrogens is 283 g/mol. The molecule has 0 atom stereocenters. The van der Waals surface area contributed by atoms with Crippen LogP contribution in [-0.2, 0) is 0 Å². The predicted molar refractivity (Wildman–Crippen MR) is 68.9 cm³/mol. The molecule has 0 spiro atoms. The van der Waals surface area contributed by atoms with Crippen molar-refractivity contribution < 1.29 is 13.2 Å². The van der Waals surface area contributed by atoms with Gasteiger partial charge in [-0.2, -0.15) is 4.68 Å². The zero-order chi connectivity index (χ0) is 15.0. The van der Waals surface area contributed by atoms with Crippen LogP contribution in [-0.4, -0.2) is 20.2 Å². The molecule has 0 fully saturated rings. The number of rotatable bonds is 2. The number of hydrogen-bond donors (Lipinski definition) is 1. The van der Waals surface area contributed by atoms with Gasteiger partial charge in [-0.25, -0.2) is 13.2 Å². The molecule has 2 N–H and O–H groups in total. The molecule has 3 aromatic rings. The Bertz CT molecular complexity index is 795. The third-order valence-corrected chi connectivity index (χ3v) is 2.82. The minimum Gasteiger partial charge on any atom is -0.398 e. The lowest BCUT2D eigenvalue weighted by Gasteiger charge is -2.07. The second kappa shape index (κ2) is 4.89. The number of nitrogens with two attached hydrogens (primary N) is 1. The summed E-state index contributed by atoms with van der Waals surface area (Å²) in [4.78, 5) is 0. The quantitative estimate of drug-likeness (QED) is 0.736. The van der Waals surface area contributed by atoms with Crippen molar-refractivity contribution in [3.8, 4) is 17.1 Å². The molecule has 0 aliphatic heterocycles. The van der Waals surface area contributed by atoms with Crippen molar-refractivity contribution in [2.75, 3.05) is 5.73 Å². The van der Waals surface area contributed by atoms with E-state index in [4.69, 9.17) is 5.73 Å². The van der Waals surface area contributed by atoms with Crippen molar-refractivity contribution in [3.05, 3.63) is 53.8 Å². The highest BCUT2D eigenvalue weighted by Crippen LogP contribution is 2.26. The SMILES string of the molecule is Nc1ccc(F)cc1-c1nnnn1-c1cc(F)cc(F)c1. The molecule has 0 bridgehead atoms. The van der Waals surface area contributed by atoms with Crippen molar-refractivity contribution in [1.29, 1.82) is 0 Å². The Morgan fingerprint density at radius 3 is 2.33 bits per heavy atom. The van der Waals surface area contributed by atoms with Crippen molar-refractivity contribution in [2.45, 2.75) is 0 Å². The van der Waals surface area contributed by atoms with Gasteiger partial charge in [0, 0.05) is 17.3 Å². The molecule has 2 aromatic carbocycles. The number of nitrogen functional groups attached to an aromatic ring is 1. The summed E-state index contributed by atoms with van der Waals surface area (Å²) in [5.74, 6) is -2.01. The second-order valence-electron chi connectivity index (χ2n) is 4.27. The first kappa shape index (κ1) is 13.1. The largest absolute Gasteiger partial charge is 0.398 e. The topological polar surface area (TPSA) is 69.6 Å². The van der Waals surface area contributed by atoms with Gasteiger partial charge in [0.1, 0.15) is 17.5 Å². The molecule has 1 heterocycles. The lowest BCUT2D eigenvalue weighted by atomic mass is 10.1. The van der Waals surface area contributed by atoms with Crippen LogP contribution in [0.1, 0.15) is 0 Å². The van der Waals surface area contributed by atoms with Gasteiger partial charge in [0.2, 0.25) is 0 Å². The summed E-state index contributed by atoms with van der Waals surface area (Å²) in [6, 6.07) is 6.53. The Balaban J connectivity index is 2.19. The fourth-order valence-electron chi connectivity index (χ4n) is 1.91. The molecule has 1 aromatic heterocycles. The van der Waals surface area contributed by atoms with E-state index in [0.717, 1.165) is 28.9 Å². The van der Waals surface area contributed by atoms with Gasteiger partial charge in [-0.3, -0.25) is 0 Å². The summed E-state index contributed by atoms with van der Waals surface area (Å²) in [5.41, 5.74) is 6.30. The maximum Gasteiger partial charge on any atom is 0.189 e. The van der Waals surface area contributed by atoms with E-state index in [1.807, 2.05) is 0 Å². The van der Waals surface area contributed by atoms with E-state index in [9.17, 15) is 13.2 Å². The molecule has 0 saturated heterocycles. The van der Waals surface area contributed by atoms with Crippen LogP contribution in [0.25, 0.3) is 17.1 Å². The summed E-state index contributed by atoms with van der Waals surface area (Å²) in [7, 11) is 0. The predicted octanol–water partition coefficient (Wildman–Crippen LogP) is 2.33. The minimum absolute atomic E-state index is 0.0659. The van der Waals surface area contributed by atoms with Crippen LogP contribution in [0.2, 0.25) is 0 Å². The van der Waals surface area contributed by atoms with E-state index < -0.39 is 17.5 Å². The Labute approximate surface area is 116 Å². The monoisotopic (exact) mass is 291 g/mol. The second-order valence-corrected chi connectivity index (χ2v) is 4.27. The van der Waals surface area contributed by atoms with Gasteiger partial charge in [-0.05, 0) is 40.8 Å². The van der Waals surface area contributed by atoms with Crippen LogP contribution >= 0.6 is 0 Å². The highest BCUT2D eigenvalue weighted by Gasteiger charge is 2.15. The van der Waals surface area contributed by atoms with Crippen molar-refractivity contribution in [3.63, 3.8) is 0 Å². The van der Waals surface area contributed by atoms with Gasteiger partial charge >= 0.3 is 0 Å². The third-order valence-electron chi connectivity index (χ3n) is 2.82. The summed E-state index contributed by atoms with van der Waals surface area (Å²) in [6.07, 6.45) is 0. The van der Waals surface area contributed by atoms with Crippen LogP contribution in [0.3, 0.4) is 0 Å². The number of hydrogen-bond acceptors (Lipinski definition) is 4. The maximum atomic E-state index is 13.3. The highest BCUT2D eigenvalue weighted by atomic mass is 19.1. The van der Waals surface area contributed by atoms with Gasteiger partial charge in [0.15, 0.2) is 5.82 Å². The maximum absolute atomic E-state index is 13.3. The molecular formula is C13H8F3N5. The Hall–Kier alpha value is -2.90. The van der Waals surface area contributed by atoms with E-state index in [0.29, 0.717) is 0 Å². The Morgan fingerprint density at radius 2 is 1.62 bits per heavy atom. The smallest absolute Gasteiger partial charge is 0.189 e. The van der Waals surface area contributed by atoms with Crippen LogP contribution in [0.4, 0.5) is 18.9 Å². The zero-order valence-corrected chi connectivity index (χ0v) is 10.5. The van der Waals surface area contributed by atoms with E-state index in [1.165, 1.54) is 12.1 Å². The van der Waals surface area contributed by atoms with Gasteiger partial charge in [-0.15, -0.1) is 5.10 Å². The van der Waals surface area contributed by atoms with E-state index in [2.05, 4.69) is 15.5 Å². The van der Waals surface area contributed by atoms with E-state index in [-0.39, 0.29) is 22.8 Å². The third kappa shape index (κ3) is 2.42. The fraction of sp³-hybridized carbons (Fsp3) is 0. The molecule has 3 rings (SSSR count). The van der Waals surface area contributed by atoms with Crippen LogP contribution in [0.5, 0.6) is 0 Å². The van der Waals surface area contributed by atoms with Crippen molar-refractivity contribution in [2.24, 2.45) is 0 Å². The Kier molecular flexibility index (Phi) is 3.05. The number of aromatic nitrogens is 4. The average Bonchev–Trinajstić information content (AvgIpc) is 2.89. The molecule has 21 heavy (non-hydrogen) atoms. The average molecular weight is 291 g/mol. The summed E-state index contributed by atoms with van der Waals surface area (Å²) in [6.45, 7) is 0. The molecule has 8 heteroatoms. The molecule has 5 nitrogen and oxygen atoms in total. The van der Waals surface area contributed by atoms with Crippen LogP contribution in [0, 0.1) is 17.5 Å². The van der Waals surface area contributed by atoms with Crippen LogP contribution in [0.15, 0.2) is 36.4 Å². The number of halogens is 3. The van der Waals surface area contributed by atoms with Crippen LogP contribution < -0.4 is 5.73 Å². The van der Waals surface area contributed by atoms with Gasteiger partial charge in [-0.1, -0.05) is 0 Å². The normalized spacial score (nSPS) is 10.8. The standard InChI is InChI=1S/C13H8F3N5/c14-7-1-2-12(17)11(6-7)13-18-19-20-21(13)10-4-8(15)3-9(16)5-10/h1-6H,17H2. The summed E-state index contributed by atoms with van der Waals surface area (Å²) in [5, 5.41) is 10.8. The molecule has 0 amide bonds. The molecule has 0 unspecified atom stereocenters. The number of benzene rings is 2. The number of tetrazole rings is 1. The van der Waals surface area contributed by atoms with Gasteiger partial charge < -0.3 is 5.73 Å². The van der Waals surface area contributed by atoms with Crippen molar-refractivity contribution in [1.82, 2.24) is 20.2 Å². The molecule has 0 saturated carbocycles. The van der Waals surface area contributed by atoms with E-state index >= 15 is 0 Å². The molecule has 0 aliphatic carbocycles. The first-order valence-electron chi connectivity index (χ1n) is 5.85. The van der Waals surface area contributed by atoms with Crippen molar-refractivity contribution >= 4 is 5.69 Å². The summed E-state index contributed by atoms with van der Waals surface area (Å²) >= 11 is 0. The summed E-state index contributed by atoms with van der Waals surface area (Å²) < 4.78 is 41.0. The van der Waals surface area contributed by atoms with Gasteiger partial charge in [0.25, 0.3) is 0 Å². The highest BCUT2D eigenvalue weighted by molar-refractivity contribution is 5.72. The molecule has 0 aliphatic rings. The molecule has 106 valence electrons. The zero-order valence-electron chi connectivity index (χ0n) is 10.5.